The van der Waals surface area contributed by atoms with Gasteiger partial charge in [0.25, 0.3) is 5.91 Å². The summed E-state index contributed by atoms with van der Waals surface area (Å²) < 4.78 is 42.0. The number of aryl methyl sites for hydroxylation is 3. The maximum absolute atomic E-state index is 13.7. The van der Waals surface area contributed by atoms with E-state index in [0.29, 0.717) is 11.3 Å². The van der Waals surface area contributed by atoms with Crippen molar-refractivity contribution in [2.45, 2.75) is 26.9 Å². The van der Waals surface area contributed by atoms with Gasteiger partial charge in [0.05, 0.1) is 17.4 Å². The molecule has 0 radical (unpaired) electrons. The predicted octanol–water partition coefficient (Wildman–Crippen LogP) is 5.07. The van der Waals surface area contributed by atoms with Crippen molar-refractivity contribution >= 4 is 11.6 Å². The van der Waals surface area contributed by atoms with Crippen LogP contribution in [0.4, 0.5) is 18.9 Å². The number of carbonyl (C=O) groups is 1. The van der Waals surface area contributed by atoms with E-state index in [-0.39, 0.29) is 5.69 Å². The monoisotopic (exact) mass is 373 g/mol. The average Bonchev–Trinajstić information content (AvgIpc) is 2.99. The zero-order valence-electron chi connectivity index (χ0n) is 15.1. The van der Waals surface area contributed by atoms with E-state index in [2.05, 4.69) is 10.4 Å². The Morgan fingerprint density at radius 3 is 2.26 bits per heavy atom. The van der Waals surface area contributed by atoms with Crippen LogP contribution in [0.2, 0.25) is 0 Å². The van der Waals surface area contributed by atoms with Crippen molar-refractivity contribution in [2.75, 3.05) is 5.32 Å². The highest BCUT2D eigenvalue weighted by molar-refractivity contribution is 6.05. The summed E-state index contributed by atoms with van der Waals surface area (Å²) in [6, 6.07) is 11.9. The number of hydrogen-bond acceptors (Lipinski definition) is 2. The Morgan fingerprint density at radius 2 is 1.67 bits per heavy atom. The number of para-hydroxylation sites is 1. The highest BCUT2D eigenvalue weighted by atomic mass is 19.4. The van der Waals surface area contributed by atoms with Gasteiger partial charge in [-0.1, -0.05) is 24.3 Å². The van der Waals surface area contributed by atoms with Crippen molar-refractivity contribution in [3.63, 3.8) is 0 Å². The minimum absolute atomic E-state index is 0.273. The smallest absolute Gasteiger partial charge is 0.322 e. The molecular weight excluding hydrogens is 355 g/mol. The van der Waals surface area contributed by atoms with Gasteiger partial charge < -0.3 is 5.32 Å². The minimum atomic E-state index is -4.74. The summed E-state index contributed by atoms with van der Waals surface area (Å²) in [5.74, 6) is -0.854. The van der Waals surface area contributed by atoms with Crippen molar-refractivity contribution in [1.82, 2.24) is 9.78 Å². The van der Waals surface area contributed by atoms with Crippen LogP contribution in [-0.4, -0.2) is 15.7 Å². The number of aromatic nitrogens is 2. The van der Waals surface area contributed by atoms with Gasteiger partial charge in [-0.2, -0.15) is 18.3 Å². The Balaban J connectivity index is 2.05. The lowest BCUT2D eigenvalue weighted by atomic mass is 10.1. The Hall–Kier alpha value is -3.09. The molecule has 0 fully saturated rings. The summed E-state index contributed by atoms with van der Waals surface area (Å²) in [6.07, 6.45) is -3.79. The fraction of sp³-hybridized carbons (Fsp3) is 0.200. The number of nitrogens with one attached hydrogen (secondary N) is 1. The summed E-state index contributed by atoms with van der Waals surface area (Å²) in [5.41, 5.74) is 1.51. The molecule has 3 rings (SSSR count). The van der Waals surface area contributed by atoms with Crippen molar-refractivity contribution in [3.8, 4) is 5.69 Å². The molecule has 0 unspecified atom stereocenters. The second-order valence-electron chi connectivity index (χ2n) is 6.43. The number of hydrogen-bond donors (Lipinski definition) is 1. The Kier molecular flexibility index (Phi) is 4.78. The summed E-state index contributed by atoms with van der Waals surface area (Å²) >= 11 is 0. The van der Waals surface area contributed by atoms with Gasteiger partial charge >= 0.3 is 6.18 Å². The molecule has 1 amide bonds. The van der Waals surface area contributed by atoms with E-state index in [1.807, 2.05) is 19.9 Å². The quantitative estimate of drug-likeness (QED) is 0.697. The van der Waals surface area contributed by atoms with E-state index >= 15 is 0 Å². The van der Waals surface area contributed by atoms with E-state index in [0.717, 1.165) is 22.0 Å². The van der Waals surface area contributed by atoms with Crippen LogP contribution in [0.15, 0.2) is 48.7 Å². The van der Waals surface area contributed by atoms with Crippen LogP contribution in [-0.2, 0) is 6.18 Å². The molecule has 0 aliphatic carbocycles. The Labute approximate surface area is 154 Å². The van der Waals surface area contributed by atoms with Gasteiger partial charge in [0.2, 0.25) is 0 Å². The van der Waals surface area contributed by atoms with Gasteiger partial charge in [-0.15, -0.1) is 0 Å². The van der Waals surface area contributed by atoms with Crippen molar-refractivity contribution in [1.29, 1.82) is 0 Å². The van der Waals surface area contributed by atoms with Crippen LogP contribution in [0.5, 0.6) is 0 Å². The number of alkyl halides is 3. The molecule has 2 aromatic carbocycles. The second-order valence-corrected chi connectivity index (χ2v) is 6.43. The first kappa shape index (κ1) is 18.7. The lowest BCUT2D eigenvalue weighted by molar-refractivity contribution is -0.143. The number of benzene rings is 2. The minimum Gasteiger partial charge on any atom is -0.322 e. The SMILES string of the molecule is Cc1cc(C)cc(NC(=O)c2cnn(-c3ccccc3C)c2C(F)(F)F)c1. The van der Waals surface area contributed by atoms with Gasteiger partial charge in [0, 0.05) is 5.69 Å². The van der Waals surface area contributed by atoms with Crippen LogP contribution in [0.1, 0.15) is 32.7 Å². The lowest BCUT2D eigenvalue weighted by Gasteiger charge is -2.14. The van der Waals surface area contributed by atoms with Crippen LogP contribution in [0.25, 0.3) is 5.69 Å². The summed E-state index contributed by atoms with van der Waals surface area (Å²) in [7, 11) is 0. The molecule has 0 aliphatic rings. The molecule has 3 aromatic rings. The van der Waals surface area contributed by atoms with Gasteiger partial charge in [-0.05, 0) is 55.7 Å². The highest BCUT2D eigenvalue weighted by Crippen LogP contribution is 2.34. The van der Waals surface area contributed by atoms with Crippen LogP contribution in [0.3, 0.4) is 0 Å². The van der Waals surface area contributed by atoms with Crippen molar-refractivity contribution in [2.24, 2.45) is 0 Å². The van der Waals surface area contributed by atoms with Gasteiger partial charge in [-0.25, -0.2) is 4.68 Å². The number of anilines is 1. The Bertz CT molecular complexity index is 986. The largest absolute Gasteiger partial charge is 0.434 e. The normalized spacial score (nSPS) is 11.5. The third-order valence-corrected chi connectivity index (χ3v) is 4.11. The molecule has 0 saturated heterocycles. The maximum Gasteiger partial charge on any atom is 0.434 e. The van der Waals surface area contributed by atoms with E-state index in [1.165, 1.54) is 6.07 Å². The van der Waals surface area contributed by atoms with E-state index < -0.39 is 23.3 Å². The molecule has 140 valence electrons. The fourth-order valence-corrected chi connectivity index (χ4v) is 3.02. The van der Waals surface area contributed by atoms with Gasteiger partial charge in [0.1, 0.15) is 0 Å². The van der Waals surface area contributed by atoms with E-state index in [4.69, 9.17) is 0 Å². The molecule has 27 heavy (non-hydrogen) atoms. The van der Waals surface area contributed by atoms with Crippen molar-refractivity contribution in [3.05, 3.63) is 76.6 Å². The fourth-order valence-electron chi connectivity index (χ4n) is 3.02. The van der Waals surface area contributed by atoms with Gasteiger partial charge in [0.15, 0.2) is 5.69 Å². The number of nitrogens with zero attached hydrogens (tertiary/aromatic N) is 2. The lowest BCUT2D eigenvalue weighted by Crippen LogP contribution is -2.21. The molecule has 1 N–H and O–H groups in total. The summed E-state index contributed by atoms with van der Waals surface area (Å²) in [5, 5.41) is 6.39. The maximum atomic E-state index is 13.7. The van der Waals surface area contributed by atoms with Gasteiger partial charge in [-0.3, -0.25) is 4.79 Å². The van der Waals surface area contributed by atoms with Crippen LogP contribution >= 0.6 is 0 Å². The molecule has 0 atom stereocenters. The van der Waals surface area contributed by atoms with E-state index in [9.17, 15) is 18.0 Å². The molecule has 0 saturated carbocycles. The molecule has 0 bridgehead atoms. The standard InChI is InChI=1S/C20H18F3N3O/c1-12-8-13(2)10-15(9-12)25-19(27)16-11-24-26(18(16)20(21,22)23)17-7-5-4-6-14(17)3/h4-11H,1-3H3,(H,25,27). The first-order valence-corrected chi connectivity index (χ1v) is 8.27. The number of amides is 1. The molecular formula is C20H18F3N3O. The topological polar surface area (TPSA) is 46.9 Å². The third kappa shape index (κ3) is 3.86. The number of halogens is 3. The molecule has 7 heteroatoms. The van der Waals surface area contributed by atoms with E-state index in [1.54, 1.807) is 37.3 Å². The summed E-state index contributed by atoms with van der Waals surface area (Å²) in [6.45, 7) is 5.38. The summed E-state index contributed by atoms with van der Waals surface area (Å²) in [4.78, 5) is 12.6. The zero-order chi connectivity index (χ0) is 19.8. The highest BCUT2D eigenvalue weighted by Gasteiger charge is 2.40. The number of rotatable bonds is 3. The molecule has 0 aliphatic heterocycles. The molecule has 4 nitrogen and oxygen atoms in total. The second kappa shape index (κ2) is 6.90. The third-order valence-electron chi connectivity index (χ3n) is 4.11. The number of carbonyl (C=O) groups excluding carboxylic acids is 1. The molecule has 1 aromatic heterocycles. The Morgan fingerprint density at radius 1 is 1.04 bits per heavy atom. The predicted molar refractivity (Wildman–Crippen MR) is 97.2 cm³/mol. The van der Waals surface area contributed by atoms with Crippen LogP contribution in [0, 0.1) is 20.8 Å². The van der Waals surface area contributed by atoms with Crippen molar-refractivity contribution < 1.29 is 18.0 Å². The average molecular weight is 373 g/mol. The zero-order valence-corrected chi connectivity index (χ0v) is 15.1. The van der Waals surface area contributed by atoms with Crippen LogP contribution < -0.4 is 5.32 Å². The molecule has 0 spiro atoms. The first-order chi connectivity index (χ1) is 12.7. The molecule has 1 heterocycles. The first-order valence-electron chi connectivity index (χ1n) is 8.27.